The van der Waals surface area contributed by atoms with Gasteiger partial charge in [0.1, 0.15) is 0 Å². The van der Waals surface area contributed by atoms with Crippen molar-refractivity contribution in [3.63, 3.8) is 0 Å². The third kappa shape index (κ3) is 21.6. The highest BCUT2D eigenvalue weighted by molar-refractivity contribution is 5.70. The first-order valence-electron chi connectivity index (χ1n) is 12.9. The van der Waals surface area contributed by atoms with Crippen LogP contribution in [0.1, 0.15) is 136 Å². The first-order chi connectivity index (χ1) is 14.6. The van der Waals surface area contributed by atoms with Crippen LogP contribution in [0.25, 0.3) is 0 Å². The van der Waals surface area contributed by atoms with E-state index in [-0.39, 0.29) is 11.9 Å². The van der Waals surface area contributed by atoms with Crippen LogP contribution in [0.2, 0.25) is 0 Å². The molecule has 0 aliphatic rings. The van der Waals surface area contributed by atoms with Crippen LogP contribution >= 0.6 is 0 Å². The molecule has 0 bridgehead atoms. The Kier molecular flexibility index (Phi) is 21.8. The SMILES string of the molecule is CCCCCCCCCCCCCCOC(=O)CCCCC(=O)OCCC(C)CC. The Labute approximate surface area is 186 Å². The number of ether oxygens (including phenoxy) is 2. The molecule has 178 valence electrons. The Hall–Kier alpha value is -1.06. The molecule has 0 saturated carbocycles. The standard InChI is InChI=1S/C26H50O4/c1-4-6-7-8-9-10-11-12-13-14-15-18-22-29-25(27)19-16-17-20-26(28)30-23-21-24(3)5-2/h24H,4-23H2,1-3H3. The second kappa shape index (κ2) is 22.6. The molecular weight excluding hydrogens is 376 g/mol. The monoisotopic (exact) mass is 426 g/mol. The van der Waals surface area contributed by atoms with Crippen LogP contribution < -0.4 is 0 Å². The molecule has 30 heavy (non-hydrogen) atoms. The summed E-state index contributed by atoms with van der Waals surface area (Å²) >= 11 is 0. The Morgan fingerprint density at radius 1 is 0.600 bits per heavy atom. The van der Waals surface area contributed by atoms with Gasteiger partial charge < -0.3 is 9.47 Å². The van der Waals surface area contributed by atoms with E-state index in [1.807, 2.05) is 0 Å². The summed E-state index contributed by atoms with van der Waals surface area (Å²) in [4.78, 5) is 23.4. The predicted octanol–water partition coefficient (Wildman–Crippen LogP) is 7.77. The maximum absolute atomic E-state index is 11.7. The minimum absolute atomic E-state index is 0.136. The van der Waals surface area contributed by atoms with Crippen molar-refractivity contribution >= 4 is 11.9 Å². The molecule has 4 heteroatoms. The molecule has 0 saturated heterocycles. The number of unbranched alkanes of at least 4 members (excludes halogenated alkanes) is 12. The highest BCUT2D eigenvalue weighted by Crippen LogP contribution is 2.12. The van der Waals surface area contributed by atoms with Gasteiger partial charge in [0, 0.05) is 12.8 Å². The number of esters is 2. The molecule has 1 atom stereocenters. The summed E-state index contributed by atoms with van der Waals surface area (Å²) in [5.74, 6) is 0.309. The maximum Gasteiger partial charge on any atom is 0.305 e. The van der Waals surface area contributed by atoms with E-state index in [0.29, 0.717) is 44.8 Å². The number of hydrogen-bond acceptors (Lipinski definition) is 4. The number of carbonyl (C=O) groups excluding carboxylic acids is 2. The highest BCUT2D eigenvalue weighted by atomic mass is 16.5. The van der Waals surface area contributed by atoms with Crippen molar-refractivity contribution in [3.8, 4) is 0 Å². The van der Waals surface area contributed by atoms with Crippen LogP contribution in [-0.2, 0) is 19.1 Å². The predicted molar refractivity (Wildman–Crippen MR) is 126 cm³/mol. The van der Waals surface area contributed by atoms with Crippen LogP contribution in [-0.4, -0.2) is 25.2 Å². The van der Waals surface area contributed by atoms with Gasteiger partial charge in [0.15, 0.2) is 0 Å². The summed E-state index contributed by atoms with van der Waals surface area (Å²) in [7, 11) is 0. The quantitative estimate of drug-likeness (QED) is 0.131. The van der Waals surface area contributed by atoms with Gasteiger partial charge in [0.2, 0.25) is 0 Å². The molecule has 0 fully saturated rings. The first-order valence-corrected chi connectivity index (χ1v) is 12.9. The minimum atomic E-state index is -0.150. The number of hydrogen-bond donors (Lipinski definition) is 0. The zero-order valence-corrected chi connectivity index (χ0v) is 20.4. The Morgan fingerprint density at radius 2 is 1.03 bits per heavy atom. The lowest BCUT2D eigenvalue weighted by atomic mass is 10.1. The van der Waals surface area contributed by atoms with Gasteiger partial charge in [-0.15, -0.1) is 0 Å². The minimum Gasteiger partial charge on any atom is -0.466 e. The molecule has 0 aromatic rings. The first kappa shape index (κ1) is 28.9. The molecule has 0 heterocycles. The van der Waals surface area contributed by atoms with Gasteiger partial charge in [-0.25, -0.2) is 0 Å². The Morgan fingerprint density at radius 3 is 1.50 bits per heavy atom. The van der Waals surface area contributed by atoms with E-state index in [9.17, 15) is 9.59 Å². The second-order valence-corrected chi connectivity index (χ2v) is 8.84. The zero-order valence-electron chi connectivity index (χ0n) is 20.4. The van der Waals surface area contributed by atoms with Crippen molar-refractivity contribution in [1.29, 1.82) is 0 Å². The molecule has 0 aliphatic heterocycles. The van der Waals surface area contributed by atoms with E-state index < -0.39 is 0 Å². The average molecular weight is 427 g/mol. The fourth-order valence-corrected chi connectivity index (χ4v) is 3.39. The molecular formula is C26H50O4. The second-order valence-electron chi connectivity index (χ2n) is 8.84. The van der Waals surface area contributed by atoms with Crippen molar-refractivity contribution in [2.75, 3.05) is 13.2 Å². The van der Waals surface area contributed by atoms with Crippen molar-refractivity contribution in [1.82, 2.24) is 0 Å². The fourth-order valence-electron chi connectivity index (χ4n) is 3.39. The topological polar surface area (TPSA) is 52.6 Å². The summed E-state index contributed by atoms with van der Waals surface area (Å²) in [6, 6.07) is 0. The van der Waals surface area contributed by atoms with Crippen LogP contribution in [0.4, 0.5) is 0 Å². The van der Waals surface area contributed by atoms with Gasteiger partial charge in [-0.3, -0.25) is 9.59 Å². The summed E-state index contributed by atoms with van der Waals surface area (Å²) in [6.07, 6.45) is 19.9. The smallest absolute Gasteiger partial charge is 0.305 e. The molecule has 0 amide bonds. The lowest BCUT2D eigenvalue weighted by molar-refractivity contribution is -0.146. The Bertz CT molecular complexity index is 394. The van der Waals surface area contributed by atoms with Gasteiger partial charge in [-0.2, -0.15) is 0 Å². The summed E-state index contributed by atoms with van der Waals surface area (Å²) in [6.45, 7) is 7.61. The lowest BCUT2D eigenvalue weighted by Gasteiger charge is -2.09. The summed E-state index contributed by atoms with van der Waals surface area (Å²) < 4.78 is 10.5. The number of rotatable bonds is 22. The molecule has 0 N–H and O–H groups in total. The van der Waals surface area contributed by atoms with Gasteiger partial charge in [0.25, 0.3) is 0 Å². The zero-order chi connectivity index (χ0) is 22.3. The van der Waals surface area contributed by atoms with Gasteiger partial charge >= 0.3 is 11.9 Å². The molecule has 4 nitrogen and oxygen atoms in total. The van der Waals surface area contributed by atoms with Crippen molar-refractivity contribution in [2.24, 2.45) is 5.92 Å². The van der Waals surface area contributed by atoms with Crippen molar-refractivity contribution in [2.45, 2.75) is 136 Å². The van der Waals surface area contributed by atoms with Gasteiger partial charge in [-0.05, 0) is 31.6 Å². The fraction of sp³-hybridized carbons (Fsp3) is 0.923. The molecule has 0 spiro atoms. The summed E-state index contributed by atoms with van der Waals surface area (Å²) in [5, 5.41) is 0. The number of carbonyl (C=O) groups is 2. The molecule has 0 aliphatic carbocycles. The van der Waals surface area contributed by atoms with Crippen LogP contribution in [0.3, 0.4) is 0 Å². The lowest BCUT2D eigenvalue weighted by Crippen LogP contribution is -2.09. The molecule has 0 aromatic carbocycles. The molecule has 0 aromatic heterocycles. The normalized spacial score (nSPS) is 12.0. The molecule has 0 radical (unpaired) electrons. The van der Waals surface area contributed by atoms with E-state index in [4.69, 9.17) is 9.47 Å². The Balaban J connectivity index is 3.29. The van der Waals surface area contributed by atoms with E-state index in [0.717, 1.165) is 25.7 Å². The van der Waals surface area contributed by atoms with Crippen molar-refractivity contribution < 1.29 is 19.1 Å². The third-order valence-corrected chi connectivity index (χ3v) is 5.84. The van der Waals surface area contributed by atoms with Crippen LogP contribution in [0, 0.1) is 5.92 Å². The van der Waals surface area contributed by atoms with E-state index in [2.05, 4.69) is 20.8 Å². The molecule has 0 rings (SSSR count). The maximum atomic E-state index is 11.7. The van der Waals surface area contributed by atoms with Gasteiger partial charge in [0.05, 0.1) is 13.2 Å². The molecule has 1 unspecified atom stereocenters. The van der Waals surface area contributed by atoms with E-state index in [1.54, 1.807) is 0 Å². The third-order valence-electron chi connectivity index (χ3n) is 5.84. The average Bonchev–Trinajstić information content (AvgIpc) is 2.74. The van der Waals surface area contributed by atoms with E-state index in [1.165, 1.54) is 64.2 Å². The van der Waals surface area contributed by atoms with Crippen LogP contribution in [0.5, 0.6) is 0 Å². The summed E-state index contributed by atoms with van der Waals surface area (Å²) in [5.41, 5.74) is 0. The van der Waals surface area contributed by atoms with E-state index >= 15 is 0 Å². The highest BCUT2D eigenvalue weighted by Gasteiger charge is 2.07. The largest absolute Gasteiger partial charge is 0.466 e. The van der Waals surface area contributed by atoms with Crippen molar-refractivity contribution in [3.05, 3.63) is 0 Å². The van der Waals surface area contributed by atoms with Gasteiger partial charge in [-0.1, -0.05) is 97.8 Å². The van der Waals surface area contributed by atoms with Crippen LogP contribution in [0.15, 0.2) is 0 Å².